The number of amides is 2. The molecule has 0 bridgehead atoms. The van der Waals surface area contributed by atoms with Crippen molar-refractivity contribution in [2.75, 3.05) is 26.2 Å². The van der Waals surface area contributed by atoms with Gasteiger partial charge in [0.1, 0.15) is 24.2 Å². The van der Waals surface area contributed by atoms with Gasteiger partial charge >= 0.3 is 0 Å². The van der Waals surface area contributed by atoms with Crippen LogP contribution in [0.4, 0.5) is 4.39 Å². The molecule has 2 aliphatic rings. The quantitative estimate of drug-likeness (QED) is 0.270. The third kappa shape index (κ3) is 7.63. The third-order valence-corrected chi connectivity index (χ3v) is 8.42. The van der Waals surface area contributed by atoms with Crippen molar-refractivity contribution in [3.8, 4) is 11.6 Å². The Hall–Kier alpha value is -4.42. The van der Waals surface area contributed by atoms with Crippen molar-refractivity contribution in [2.45, 2.75) is 63.9 Å². The maximum Gasteiger partial charge on any atom is 0.247 e. The number of tetrazole rings is 1. The topological polar surface area (TPSA) is 119 Å². The molecule has 0 saturated carbocycles. The van der Waals surface area contributed by atoms with E-state index >= 15 is 0 Å². The second-order valence-electron chi connectivity index (χ2n) is 11.7. The lowest BCUT2D eigenvalue weighted by Crippen LogP contribution is -2.53. The highest BCUT2D eigenvalue weighted by atomic mass is 19.1. The lowest BCUT2D eigenvalue weighted by atomic mass is 9.96. The number of benzene rings is 2. The Labute approximate surface area is 261 Å². The normalized spacial score (nSPS) is 18.1. The van der Waals surface area contributed by atoms with Crippen LogP contribution in [0.25, 0.3) is 11.6 Å². The zero-order chi connectivity index (χ0) is 31.2. The van der Waals surface area contributed by atoms with Gasteiger partial charge in [0, 0.05) is 38.8 Å². The number of hydrogen-bond acceptors (Lipinski definition) is 8. The summed E-state index contributed by atoms with van der Waals surface area (Å²) in [5, 5.41) is 15.6. The van der Waals surface area contributed by atoms with E-state index in [9.17, 15) is 14.0 Å². The van der Waals surface area contributed by atoms with Crippen LogP contribution in [0.3, 0.4) is 0 Å². The number of furan rings is 1. The van der Waals surface area contributed by atoms with Crippen LogP contribution < -0.4 is 5.32 Å². The van der Waals surface area contributed by atoms with E-state index in [1.54, 1.807) is 29.2 Å². The van der Waals surface area contributed by atoms with E-state index in [0.717, 1.165) is 32.5 Å². The number of rotatable bonds is 11. The standard InChI is InChI=1S/C33H38FN7O4/c1-23-9-14-29(45-23)32-36-38-40(37-32)22-30(42)41(27-15-17-39(18-16-27)21-24-6-3-2-4-7-24)31(25-10-12-26(34)13-11-25)33(43)35-20-28-8-5-19-44-28/h2-4,6-7,9-14,27-28,31H,5,8,15-22H2,1H3,(H,35,43)/t28-,31-/m0/s1. The van der Waals surface area contributed by atoms with Crippen LogP contribution in [-0.4, -0.2) is 80.2 Å². The lowest BCUT2D eigenvalue weighted by molar-refractivity contribution is -0.146. The van der Waals surface area contributed by atoms with Crippen LogP contribution in [0.1, 0.15) is 48.6 Å². The smallest absolute Gasteiger partial charge is 0.247 e. The first-order chi connectivity index (χ1) is 21.9. The second kappa shape index (κ2) is 14.1. The number of hydrogen-bond donors (Lipinski definition) is 1. The van der Waals surface area contributed by atoms with E-state index in [0.29, 0.717) is 43.1 Å². The van der Waals surface area contributed by atoms with Gasteiger partial charge in [-0.1, -0.05) is 42.5 Å². The zero-order valence-corrected chi connectivity index (χ0v) is 25.3. The molecule has 1 N–H and O–H groups in total. The fourth-order valence-corrected chi connectivity index (χ4v) is 6.12. The molecule has 4 aromatic rings. The highest BCUT2D eigenvalue weighted by molar-refractivity contribution is 5.89. The Morgan fingerprint density at radius 2 is 1.82 bits per heavy atom. The molecule has 2 aromatic carbocycles. The Morgan fingerprint density at radius 1 is 1.04 bits per heavy atom. The monoisotopic (exact) mass is 615 g/mol. The highest BCUT2D eigenvalue weighted by Gasteiger charge is 2.38. The number of aromatic nitrogens is 4. The number of likely N-dealkylation sites (tertiary alicyclic amines) is 1. The second-order valence-corrected chi connectivity index (χ2v) is 11.7. The molecule has 11 nitrogen and oxygen atoms in total. The molecule has 6 rings (SSSR count). The molecule has 2 aliphatic heterocycles. The summed E-state index contributed by atoms with van der Waals surface area (Å²) in [5.41, 5.74) is 1.75. The molecule has 0 aliphatic carbocycles. The number of nitrogens with one attached hydrogen (secondary N) is 1. The summed E-state index contributed by atoms with van der Waals surface area (Å²) in [6, 6.07) is 18.4. The van der Waals surface area contributed by atoms with Crippen molar-refractivity contribution in [1.29, 1.82) is 0 Å². The molecule has 236 valence electrons. The summed E-state index contributed by atoms with van der Waals surface area (Å²) in [4.78, 5) is 33.5. The molecule has 4 heterocycles. The average molecular weight is 616 g/mol. The van der Waals surface area contributed by atoms with Crippen molar-refractivity contribution < 1.29 is 23.1 Å². The van der Waals surface area contributed by atoms with Crippen LogP contribution in [-0.2, 0) is 27.4 Å². The van der Waals surface area contributed by atoms with E-state index in [1.165, 1.54) is 22.5 Å². The van der Waals surface area contributed by atoms with Gasteiger partial charge in [0.05, 0.1) is 6.10 Å². The number of ether oxygens (including phenoxy) is 1. The number of carbonyl (C=O) groups is 2. The summed E-state index contributed by atoms with van der Waals surface area (Å²) < 4.78 is 25.4. The number of carbonyl (C=O) groups excluding carboxylic acids is 2. The Morgan fingerprint density at radius 3 is 2.51 bits per heavy atom. The lowest BCUT2D eigenvalue weighted by Gasteiger charge is -2.42. The van der Waals surface area contributed by atoms with E-state index in [1.807, 2.05) is 25.1 Å². The molecule has 0 unspecified atom stereocenters. The molecule has 2 fully saturated rings. The first-order valence-corrected chi connectivity index (χ1v) is 15.5. The minimum Gasteiger partial charge on any atom is -0.458 e. The number of piperidine rings is 1. The van der Waals surface area contributed by atoms with Gasteiger partial charge < -0.3 is 19.4 Å². The number of halogens is 1. The van der Waals surface area contributed by atoms with E-state index < -0.39 is 11.9 Å². The Kier molecular flexibility index (Phi) is 9.61. The molecule has 2 aromatic heterocycles. The van der Waals surface area contributed by atoms with Gasteiger partial charge in [-0.15, -0.1) is 10.2 Å². The zero-order valence-electron chi connectivity index (χ0n) is 25.3. The maximum absolute atomic E-state index is 14.3. The summed E-state index contributed by atoms with van der Waals surface area (Å²) in [7, 11) is 0. The largest absolute Gasteiger partial charge is 0.458 e. The van der Waals surface area contributed by atoms with E-state index in [-0.39, 0.29) is 36.3 Å². The van der Waals surface area contributed by atoms with Crippen molar-refractivity contribution in [2.24, 2.45) is 0 Å². The highest BCUT2D eigenvalue weighted by Crippen LogP contribution is 2.30. The minimum atomic E-state index is -0.985. The van der Waals surface area contributed by atoms with Gasteiger partial charge in [-0.05, 0) is 73.2 Å². The SMILES string of the molecule is Cc1ccc(-c2nnn(CC(=O)N(C3CCN(Cc4ccccc4)CC3)[C@H](C(=O)NC[C@@H]3CCCO3)c3ccc(F)cc3)n2)o1. The van der Waals surface area contributed by atoms with E-state index in [4.69, 9.17) is 9.15 Å². The summed E-state index contributed by atoms with van der Waals surface area (Å²) in [6.45, 7) is 4.90. The average Bonchev–Trinajstić information content (AvgIpc) is 3.83. The Bertz CT molecular complexity index is 1560. The minimum absolute atomic E-state index is 0.0730. The Balaban J connectivity index is 1.26. The fraction of sp³-hybridized carbons (Fsp3) is 0.424. The van der Waals surface area contributed by atoms with Crippen LogP contribution in [0, 0.1) is 12.7 Å². The predicted octanol–water partition coefficient (Wildman–Crippen LogP) is 3.91. The van der Waals surface area contributed by atoms with Gasteiger partial charge in [0.2, 0.25) is 17.6 Å². The molecule has 0 spiro atoms. The number of aryl methyl sites for hydroxylation is 1. The van der Waals surface area contributed by atoms with Crippen molar-refractivity contribution >= 4 is 11.8 Å². The van der Waals surface area contributed by atoms with Gasteiger partial charge in [-0.2, -0.15) is 4.80 Å². The molecule has 2 atom stereocenters. The molecular formula is C33H38FN7O4. The molecule has 2 saturated heterocycles. The molecule has 0 radical (unpaired) electrons. The molecular weight excluding hydrogens is 577 g/mol. The van der Waals surface area contributed by atoms with Crippen LogP contribution in [0.5, 0.6) is 0 Å². The summed E-state index contributed by atoms with van der Waals surface area (Å²) in [6.07, 6.45) is 3.06. The number of nitrogens with zero attached hydrogens (tertiary/aromatic N) is 6. The van der Waals surface area contributed by atoms with Crippen LogP contribution in [0.15, 0.2) is 71.1 Å². The van der Waals surface area contributed by atoms with Gasteiger partial charge in [-0.25, -0.2) is 4.39 Å². The first kappa shape index (κ1) is 30.6. The van der Waals surface area contributed by atoms with Gasteiger partial charge in [-0.3, -0.25) is 14.5 Å². The van der Waals surface area contributed by atoms with Crippen molar-refractivity contribution in [1.82, 2.24) is 35.3 Å². The van der Waals surface area contributed by atoms with E-state index in [2.05, 4.69) is 37.8 Å². The van der Waals surface area contributed by atoms with Gasteiger partial charge in [0.15, 0.2) is 5.76 Å². The van der Waals surface area contributed by atoms with Gasteiger partial charge in [0.25, 0.3) is 0 Å². The fourth-order valence-electron chi connectivity index (χ4n) is 6.12. The van der Waals surface area contributed by atoms with Crippen LogP contribution >= 0.6 is 0 Å². The van der Waals surface area contributed by atoms with Crippen molar-refractivity contribution in [3.05, 3.63) is 89.4 Å². The molecule has 45 heavy (non-hydrogen) atoms. The molecule has 12 heteroatoms. The van der Waals surface area contributed by atoms with Crippen LogP contribution in [0.2, 0.25) is 0 Å². The summed E-state index contributed by atoms with van der Waals surface area (Å²) >= 11 is 0. The first-order valence-electron chi connectivity index (χ1n) is 15.5. The predicted molar refractivity (Wildman–Crippen MR) is 163 cm³/mol. The van der Waals surface area contributed by atoms with Crippen molar-refractivity contribution in [3.63, 3.8) is 0 Å². The third-order valence-electron chi connectivity index (χ3n) is 8.42. The maximum atomic E-state index is 14.3. The summed E-state index contributed by atoms with van der Waals surface area (Å²) in [5.74, 6) is 0.330. The molecule has 2 amide bonds.